The third-order valence-electron chi connectivity index (χ3n) is 5.22. The summed E-state index contributed by atoms with van der Waals surface area (Å²) in [4.78, 5) is 39.3. The largest absolute Gasteiger partial charge is 0.338 e. The maximum absolute atomic E-state index is 13.9. The molecule has 0 bridgehead atoms. The van der Waals surface area contributed by atoms with E-state index in [1.807, 2.05) is 0 Å². The van der Waals surface area contributed by atoms with Crippen LogP contribution < -0.4 is 0 Å². The van der Waals surface area contributed by atoms with Gasteiger partial charge in [0.05, 0.1) is 11.1 Å². The third kappa shape index (κ3) is 3.37. The van der Waals surface area contributed by atoms with Gasteiger partial charge in [-0.25, -0.2) is 12.8 Å². The fourth-order valence-corrected chi connectivity index (χ4v) is 5.08. The van der Waals surface area contributed by atoms with Gasteiger partial charge in [0.25, 0.3) is 11.8 Å². The minimum atomic E-state index is -4.02. The number of imide groups is 1. The Morgan fingerprint density at radius 1 is 0.867 bits per heavy atom. The van der Waals surface area contributed by atoms with Crippen molar-refractivity contribution in [1.29, 1.82) is 0 Å². The van der Waals surface area contributed by atoms with E-state index in [9.17, 15) is 27.2 Å². The van der Waals surface area contributed by atoms with Crippen LogP contribution >= 0.6 is 0 Å². The van der Waals surface area contributed by atoms with Gasteiger partial charge in [0.15, 0.2) is 0 Å². The number of hydrogen-bond donors (Lipinski definition) is 0. The number of amides is 3. The van der Waals surface area contributed by atoms with E-state index in [0.29, 0.717) is 0 Å². The van der Waals surface area contributed by atoms with Crippen molar-refractivity contribution in [1.82, 2.24) is 14.1 Å². The molecule has 156 valence electrons. The number of sulfonamides is 1. The van der Waals surface area contributed by atoms with Crippen LogP contribution in [0.1, 0.15) is 20.7 Å². The molecule has 2 aromatic rings. The number of hydrogen-bond acceptors (Lipinski definition) is 5. The number of fused-ring (bicyclic) bond motifs is 1. The molecule has 0 atom stereocenters. The number of nitrogens with zero attached hydrogens (tertiary/aromatic N) is 3. The minimum Gasteiger partial charge on any atom is -0.338 e. The number of halogens is 1. The van der Waals surface area contributed by atoms with E-state index in [0.717, 1.165) is 15.3 Å². The highest BCUT2D eigenvalue weighted by Crippen LogP contribution is 2.23. The lowest BCUT2D eigenvalue weighted by Gasteiger charge is -2.34. The molecule has 30 heavy (non-hydrogen) atoms. The number of piperazine rings is 1. The Morgan fingerprint density at radius 2 is 1.40 bits per heavy atom. The van der Waals surface area contributed by atoms with Gasteiger partial charge in [-0.1, -0.05) is 24.3 Å². The normalized spacial score (nSPS) is 17.4. The summed E-state index contributed by atoms with van der Waals surface area (Å²) < 4.78 is 40.4. The average molecular weight is 431 g/mol. The highest BCUT2D eigenvalue weighted by atomic mass is 32.2. The van der Waals surface area contributed by atoms with Crippen molar-refractivity contribution in [2.75, 3.05) is 32.7 Å². The topological polar surface area (TPSA) is 95.1 Å². The predicted molar refractivity (Wildman–Crippen MR) is 104 cm³/mol. The molecule has 0 aliphatic carbocycles. The Labute approximate surface area is 172 Å². The van der Waals surface area contributed by atoms with E-state index >= 15 is 0 Å². The molecule has 2 heterocycles. The van der Waals surface area contributed by atoms with Crippen molar-refractivity contribution >= 4 is 27.7 Å². The van der Waals surface area contributed by atoms with Crippen LogP contribution in [-0.2, 0) is 14.8 Å². The molecule has 4 rings (SSSR count). The summed E-state index contributed by atoms with van der Waals surface area (Å²) >= 11 is 0. The SMILES string of the molecule is O=C(CN1C(=O)c2ccccc2C1=O)N1CCN(S(=O)(=O)c2ccccc2F)CC1. The monoisotopic (exact) mass is 431 g/mol. The molecule has 2 aliphatic rings. The lowest BCUT2D eigenvalue weighted by Crippen LogP contribution is -2.53. The van der Waals surface area contributed by atoms with Gasteiger partial charge >= 0.3 is 0 Å². The van der Waals surface area contributed by atoms with E-state index in [1.165, 1.54) is 35.2 Å². The van der Waals surface area contributed by atoms with Crippen molar-refractivity contribution in [2.24, 2.45) is 0 Å². The van der Waals surface area contributed by atoms with Crippen molar-refractivity contribution in [3.05, 3.63) is 65.5 Å². The van der Waals surface area contributed by atoms with E-state index in [2.05, 4.69) is 0 Å². The van der Waals surface area contributed by atoms with Crippen LogP contribution in [-0.4, -0.2) is 73.0 Å². The molecule has 1 saturated heterocycles. The number of rotatable bonds is 4. The first-order chi connectivity index (χ1) is 14.3. The molecule has 0 aromatic heterocycles. The molecule has 0 spiro atoms. The van der Waals surface area contributed by atoms with Gasteiger partial charge in [0, 0.05) is 26.2 Å². The Hall–Kier alpha value is -3.11. The summed E-state index contributed by atoms with van der Waals surface area (Å²) in [6.45, 7) is -0.271. The molecule has 0 radical (unpaired) electrons. The first-order valence-electron chi connectivity index (χ1n) is 9.28. The molecule has 2 aromatic carbocycles. The van der Waals surface area contributed by atoms with Gasteiger partial charge in [-0.2, -0.15) is 4.31 Å². The first-order valence-corrected chi connectivity index (χ1v) is 10.7. The fraction of sp³-hybridized carbons (Fsp3) is 0.250. The zero-order chi connectivity index (χ0) is 21.5. The van der Waals surface area contributed by atoms with Gasteiger partial charge in [-0.05, 0) is 24.3 Å². The number of carbonyl (C=O) groups is 3. The number of benzene rings is 2. The molecule has 8 nitrogen and oxygen atoms in total. The summed E-state index contributed by atoms with van der Waals surface area (Å²) in [5.74, 6) is -2.33. The summed E-state index contributed by atoms with van der Waals surface area (Å²) in [6.07, 6.45) is 0. The second-order valence-corrected chi connectivity index (χ2v) is 8.86. The highest BCUT2D eigenvalue weighted by Gasteiger charge is 2.38. The zero-order valence-corrected chi connectivity index (χ0v) is 16.6. The molecule has 0 saturated carbocycles. The zero-order valence-electron chi connectivity index (χ0n) is 15.8. The molecule has 0 unspecified atom stereocenters. The Bertz CT molecular complexity index is 1110. The highest BCUT2D eigenvalue weighted by molar-refractivity contribution is 7.89. The van der Waals surface area contributed by atoms with Gasteiger partial charge in [-0.3, -0.25) is 19.3 Å². The van der Waals surface area contributed by atoms with Crippen molar-refractivity contribution in [3.8, 4) is 0 Å². The van der Waals surface area contributed by atoms with Gasteiger partial charge in [0.1, 0.15) is 17.3 Å². The quantitative estimate of drug-likeness (QED) is 0.672. The Morgan fingerprint density at radius 3 is 1.97 bits per heavy atom. The second kappa shape index (κ2) is 7.62. The van der Waals surface area contributed by atoms with Crippen LogP contribution in [0.4, 0.5) is 4.39 Å². The first kappa shape index (κ1) is 20.2. The average Bonchev–Trinajstić information content (AvgIpc) is 2.99. The van der Waals surface area contributed by atoms with Crippen LogP contribution in [0.2, 0.25) is 0 Å². The molecule has 10 heteroatoms. The molecule has 3 amide bonds. The van der Waals surface area contributed by atoms with Gasteiger partial charge in [0.2, 0.25) is 15.9 Å². The summed E-state index contributed by atoms with van der Waals surface area (Å²) in [5.41, 5.74) is 0.521. The number of carbonyl (C=O) groups excluding carboxylic acids is 3. The van der Waals surface area contributed by atoms with Crippen molar-refractivity contribution in [2.45, 2.75) is 4.90 Å². The second-order valence-electron chi connectivity index (χ2n) is 6.96. The lowest BCUT2D eigenvalue weighted by molar-refractivity contribution is -0.132. The molecule has 0 N–H and O–H groups in total. The van der Waals surface area contributed by atoms with Gasteiger partial charge < -0.3 is 4.90 Å². The standard InChI is InChI=1S/C20H18FN3O5S/c21-16-7-3-4-8-17(16)30(28,29)23-11-9-22(10-12-23)18(25)13-24-19(26)14-5-1-2-6-15(14)20(24)27/h1-8H,9-13H2. The lowest BCUT2D eigenvalue weighted by atomic mass is 10.1. The minimum absolute atomic E-state index is 0.00940. The molecule has 2 aliphatic heterocycles. The van der Waals surface area contributed by atoms with Crippen LogP contribution in [0, 0.1) is 5.82 Å². The van der Waals surface area contributed by atoms with Crippen LogP contribution in [0.5, 0.6) is 0 Å². The van der Waals surface area contributed by atoms with E-state index < -0.39 is 45.0 Å². The maximum atomic E-state index is 13.9. The van der Waals surface area contributed by atoms with Gasteiger partial charge in [-0.15, -0.1) is 0 Å². The van der Waals surface area contributed by atoms with E-state index in [4.69, 9.17) is 0 Å². The maximum Gasteiger partial charge on any atom is 0.262 e. The Balaban J connectivity index is 1.40. The van der Waals surface area contributed by atoms with Crippen LogP contribution in [0.3, 0.4) is 0 Å². The van der Waals surface area contributed by atoms with E-state index in [1.54, 1.807) is 12.1 Å². The van der Waals surface area contributed by atoms with Crippen LogP contribution in [0.15, 0.2) is 53.4 Å². The fourth-order valence-electron chi connectivity index (χ4n) is 3.59. The smallest absolute Gasteiger partial charge is 0.262 e. The van der Waals surface area contributed by atoms with E-state index in [-0.39, 0.29) is 37.3 Å². The van der Waals surface area contributed by atoms with Crippen molar-refractivity contribution in [3.63, 3.8) is 0 Å². The predicted octanol–water partition coefficient (Wildman–Crippen LogP) is 0.955. The summed E-state index contributed by atoms with van der Waals surface area (Å²) in [7, 11) is -4.02. The van der Waals surface area contributed by atoms with Crippen LogP contribution in [0.25, 0.3) is 0 Å². The summed E-state index contributed by atoms with van der Waals surface area (Å²) in [5, 5.41) is 0. The molecular weight excluding hydrogens is 413 g/mol. The Kier molecular flexibility index (Phi) is 5.12. The third-order valence-corrected chi connectivity index (χ3v) is 7.15. The molecule has 1 fully saturated rings. The summed E-state index contributed by atoms with van der Waals surface area (Å²) in [6, 6.07) is 11.5. The van der Waals surface area contributed by atoms with Crippen molar-refractivity contribution < 1.29 is 27.2 Å². The molecular formula is C20H18FN3O5S.